The van der Waals surface area contributed by atoms with E-state index in [1.807, 2.05) is 20.9 Å². The molecule has 0 aliphatic rings. The Morgan fingerprint density at radius 3 is 2.56 bits per heavy atom. The molecule has 1 heterocycles. The van der Waals surface area contributed by atoms with Gasteiger partial charge in [-0.05, 0) is 20.3 Å². The number of nitrogens with two attached hydrogens (primary N) is 1. The number of anilines is 2. The van der Waals surface area contributed by atoms with E-state index in [-0.39, 0.29) is 0 Å². The van der Waals surface area contributed by atoms with Gasteiger partial charge in [0.25, 0.3) is 0 Å². The first kappa shape index (κ1) is 12.7. The zero-order valence-corrected chi connectivity index (χ0v) is 10.5. The molecule has 90 valence electrons. The normalized spacial score (nSPS) is 10.3. The van der Waals surface area contributed by atoms with Gasteiger partial charge in [-0.25, -0.2) is 15.8 Å². The monoisotopic (exact) mass is 223 g/mol. The summed E-state index contributed by atoms with van der Waals surface area (Å²) in [7, 11) is 2.05. The maximum absolute atomic E-state index is 5.43. The van der Waals surface area contributed by atoms with Crippen molar-refractivity contribution in [1.82, 2.24) is 9.97 Å². The molecule has 0 aromatic carbocycles. The summed E-state index contributed by atoms with van der Waals surface area (Å²) in [5.74, 6) is 7.82. The van der Waals surface area contributed by atoms with Crippen molar-refractivity contribution >= 4 is 11.6 Å². The van der Waals surface area contributed by atoms with E-state index in [0.717, 1.165) is 30.2 Å². The lowest BCUT2D eigenvalue weighted by atomic mass is 10.2. The first-order chi connectivity index (χ1) is 7.60. The van der Waals surface area contributed by atoms with Crippen LogP contribution >= 0.6 is 0 Å². The third kappa shape index (κ3) is 2.82. The number of nitrogens with zero attached hydrogens (tertiary/aromatic N) is 3. The molecule has 0 saturated carbocycles. The molecule has 0 fully saturated rings. The Balaban J connectivity index is 2.98. The van der Waals surface area contributed by atoms with Crippen molar-refractivity contribution in [3.8, 4) is 0 Å². The highest BCUT2D eigenvalue weighted by molar-refractivity contribution is 5.57. The van der Waals surface area contributed by atoms with Crippen molar-refractivity contribution in [3.05, 3.63) is 11.4 Å². The lowest BCUT2D eigenvalue weighted by Gasteiger charge is -2.21. The molecule has 0 atom stereocenters. The lowest BCUT2D eigenvalue weighted by Crippen LogP contribution is -2.23. The molecule has 5 nitrogen and oxygen atoms in total. The summed E-state index contributed by atoms with van der Waals surface area (Å²) in [6, 6.07) is 0. The fourth-order valence-electron chi connectivity index (χ4n) is 1.63. The number of nitrogens with one attached hydrogen (secondary N) is 1. The van der Waals surface area contributed by atoms with E-state index in [2.05, 4.69) is 27.2 Å². The molecule has 0 aliphatic carbocycles. The van der Waals surface area contributed by atoms with Gasteiger partial charge in [0.15, 0.2) is 0 Å². The van der Waals surface area contributed by atoms with Crippen LogP contribution < -0.4 is 16.2 Å². The summed E-state index contributed by atoms with van der Waals surface area (Å²) in [6.07, 6.45) is 2.33. The highest BCUT2D eigenvalue weighted by Crippen LogP contribution is 2.22. The molecule has 5 heteroatoms. The molecule has 0 amide bonds. The van der Waals surface area contributed by atoms with Crippen molar-refractivity contribution in [1.29, 1.82) is 0 Å². The first-order valence-corrected chi connectivity index (χ1v) is 5.63. The third-order valence-electron chi connectivity index (χ3n) is 2.58. The van der Waals surface area contributed by atoms with Crippen molar-refractivity contribution in [2.24, 2.45) is 5.84 Å². The molecular formula is C11H21N5. The van der Waals surface area contributed by atoms with Crippen LogP contribution in [0.1, 0.15) is 31.2 Å². The van der Waals surface area contributed by atoms with Gasteiger partial charge in [0.1, 0.15) is 17.5 Å². The standard InChI is InChI=1S/C11H21N5/c1-5-6-7-16(4)11-8(2)10(15-12)13-9(3)14-11/h5-7,12H2,1-4H3,(H,13,14,15). The van der Waals surface area contributed by atoms with Gasteiger partial charge in [-0.2, -0.15) is 0 Å². The van der Waals surface area contributed by atoms with E-state index in [4.69, 9.17) is 5.84 Å². The second kappa shape index (κ2) is 5.65. The number of hydrogen-bond donors (Lipinski definition) is 2. The molecule has 3 N–H and O–H groups in total. The van der Waals surface area contributed by atoms with Crippen molar-refractivity contribution in [2.75, 3.05) is 23.9 Å². The molecular weight excluding hydrogens is 202 g/mol. The SMILES string of the molecule is CCCCN(C)c1nc(C)nc(NN)c1C. The molecule has 16 heavy (non-hydrogen) atoms. The molecule has 0 unspecified atom stereocenters. The average Bonchev–Trinajstić information content (AvgIpc) is 2.28. The van der Waals surface area contributed by atoms with E-state index >= 15 is 0 Å². The first-order valence-electron chi connectivity index (χ1n) is 5.63. The zero-order chi connectivity index (χ0) is 12.1. The summed E-state index contributed by atoms with van der Waals surface area (Å²) in [6.45, 7) is 7.03. The molecule has 0 bridgehead atoms. The van der Waals surface area contributed by atoms with Gasteiger partial charge < -0.3 is 10.3 Å². The van der Waals surface area contributed by atoms with Gasteiger partial charge in [0.2, 0.25) is 0 Å². The fourth-order valence-corrected chi connectivity index (χ4v) is 1.63. The Hall–Kier alpha value is -1.36. The predicted octanol–water partition coefficient (Wildman–Crippen LogP) is 1.62. The lowest BCUT2D eigenvalue weighted by molar-refractivity contribution is 0.754. The van der Waals surface area contributed by atoms with Gasteiger partial charge in [0, 0.05) is 19.2 Å². The summed E-state index contributed by atoms with van der Waals surface area (Å²) in [5.41, 5.74) is 3.60. The van der Waals surface area contributed by atoms with Crippen molar-refractivity contribution < 1.29 is 0 Å². The highest BCUT2D eigenvalue weighted by atomic mass is 15.3. The molecule has 1 aromatic heterocycles. The minimum atomic E-state index is 0.700. The van der Waals surface area contributed by atoms with Gasteiger partial charge in [-0.3, -0.25) is 0 Å². The van der Waals surface area contributed by atoms with Crippen LogP contribution in [0, 0.1) is 13.8 Å². The Bertz CT molecular complexity index is 350. The Morgan fingerprint density at radius 2 is 2.00 bits per heavy atom. The van der Waals surface area contributed by atoms with Crippen LogP contribution in [0.4, 0.5) is 11.6 Å². The van der Waals surface area contributed by atoms with E-state index in [1.54, 1.807) is 0 Å². The molecule has 0 saturated heterocycles. The molecule has 1 aromatic rings. The van der Waals surface area contributed by atoms with E-state index < -0.39 is 0 Å². The van der Waals surface area contributed by atoms with Crippen LogP contribution in [-0.2, 0) is 0 Å². The summed E-state index contributed by atoms with van der Waals surface area (Å²) in [4.78, 5) is 10.8. The quantitative estimate of drug-likeness (QED) is 0.586. The van der Waals surface area contributed by atoms with Gasteiger partial charge in [0.05, 0.1) is 0 Å². The number of rotatable bonds is 5. The third-order valence-corrected chi connectivity index (χ3v) is 2.58. The average molecular weight is 223 g/mol. The molecule has 0 spiro atoms. The summed E-state index contributed by atoms with van der Waals surface area (Å²) in [5, 5.41) is 0. The largest absolute Gasteiger partial charge is 0.359 e. The second-order valence-corrected chi connectivity index (χ2v) is 3.99. The van der Waals surface area contributed by atoms with E-state index in [1.165, 1.54) is 6.42 Å². The number of aromatic nitrogens is 2. The Labute approximate surface area is 97.0 Å². The summed E-state index contributed by atoms with van der Waals surface area (Å²) < 4.78 is 0. The zero-order valence-electron chi connectivity index (χ0n) is 10.5. The highest BCUT2D eigenvalue weighted by Gasteiger charge is 2.11. The fraction of sp³-hybridized carbons (Fsp3) is 0.636. The van der Waals surface area contributed by atoms with Gasteiger partial charge >= 0.3 is 0 Å². The number of hydrazine groups is 1. The minimum absolute atomic E-state index is 0.700. The van der Waals surface area contributed by atoms with Crippen LogP contribution in [0.15, 0.2) is 0 Å². The smallest absolute Gasteiger partial charge is 0.148 e. The van der Waals surface area contributed by atoms with E-state index in [9.17, 15) is 0 Å². The van der Waals surface area contributed by atoms with Crippen LogP contribution in [0.2, 0.25) is 0 Å². The van der Waals surface area contributed by atoms with E-state index in [0.29, 0.717) is 5.82 Å². The Kier molecular flexibility index (Phi) is 4.49. The second-order valence-electron chi connectivity index (χ2n) is 3.99. The minimum Gasteiger partial charge on any atom is -0.359 e. The number of hydrogen-bond acceptors (Lipinski definition) is 5. The molecule has 0 aliphatic heterocycles. The predicted molar refractivity (Wildman–Crippen MR) is 67.5 cm³/mol. The van der Waals surface area contributed by atoms with Crippen molar-refractivity contribution in [2.45, 2.75) is 33.6 Å². The number of unbranched alkanes of at least 4 members (excludes halogenated alkanes) is 1. The van der Waals surface area contributed by atoms with Crippen LogP contribution in [0.5, 0.6) is 0 Å². The number of nitrogen functional groups attached to an aromatic ring is 1. The molecule has 0 radical (unpaired) electrons. The topological polar surface area (TPSA) is 67.1 Å². The van der Waals surface area contributed by atoms with Crippen molar-refractivity contribution in [3.63, 3.8) is 0 Å². The number of aryl methyl sites for hydroxylation is 1. The van der Waals surface area contributed by atoms with Crippen LogP contribution in [0.3, 0.4) is 0 Å². The van der Waals surface area contributed by atoms with Crippen LogP contribution in [0.25, 0.3) is 0 Å². The summed E-state index contributed by atoms with van der Waals surface area (Å²) >= 11 is 0. The van der Waals surface area contributed by atoms with Gasteiger partial charge in [-0.1, -0.05) is 13.3 Å². The van der Waals surface area contributed by atoms with Crippen LogP contribution in [-0.4, -0.2) is 23.6 Å². The Morgan fingerprint density at radius 1 is 1.31 bits per heavy atom. The maximum Gasteiger partial charge on any atom is 0.148 e. The van der Waals surface area contributed by atoms with Gasteiger partial charge in [-0.15, -0.1) is 0 Å². The maximum atomic E-state index is 5.43. The molecule has 1 rings (SSSR count).